The lowest BCUT2D eigenvalue weighted by Crippen LogP contribution is -2.43. The fourth-order valence-electron chi connectivity index (χ4n) is 4.61. The molecule has 5 N–H and O–H groups in total. The third-order valence-corrected chi connectivity index (χ3v) is 8.65. The van der Waals surface area contributed by atoms with Crippen LogP contribution in [0.2, 0.25) is 0 Å². The van der Waals surface area contributed by atoms with Crippen molar-refractivity contribution in [1.82, 2.24) is 19.5 Å². The molecular weight excluding hydrogens is 576 g/mol. The van der Waals surface area contributed by atoms with Crippen molar-refractivity contribution < 1.29 is 37.0 Å². The van der Waals surface area contributed by atoms with E-state index in [1.807, 2.05) is 13.8 Å². The van der Waals surface area contributed by atoms with E-state index in [1.54, 1.807) is 53.1 Å². The van der Waals surface area contributed by atoms with Crippen LogP contribution in [0.5, 0.6) is 11.5 Å². The van der Waals surface area contributed by atoms with Gasteiger partial charge in [0.15, 0.2) is 11.2 Å². The number of aromatic amines is 1. The zero-order valence-electron chi connectivity index (χ0n) is 22.1. The number of imidazole rings is 1. The Labute approximate surface area is 234 Å². The molecule has 0 amide bonds. The molecule has 41 heavy (non-hydrogen) atoms. The molecule has 1 aliphatic rings. The number of nitrogens with one attached hydrogen (secondary N) is 1. The Balaban J connectivity index is 1.32. The lowest BCUT2D eigenvalue weighted by molar-refractivity contribution is -0.00444. The molecule has 2 heterocycles. The van der Waals surface area contributed by atoms with Crippen LogP contribution < -0.4 is 20.3 Å². The number of rotatable bonds is 11. The number of benzene rings is 2. The smallest absolute Gasteiger partial charge is 0.404 e. The number of phosphoric ester groups is 2. The first-order valence-corrected chi connectivity index (χ1v) is 15.6. The monoisotopic (exact) mass is 605 g/mol. The lowest BCUT2D eigenvalue weighted by Gasteiger charge is -2.45. The van der Waals surface area contributed by atoms with Gasteiger partial charge in [0.1, 0.15) is 11.5 Å². The summed E-state index contributed by atoms with van der Waals surface area (Å²) in [5.41, 5.74) is 7.40. The molecule has 1 aliphatic carbocycles. The molecule has 0 bridgehead atoms. The topological polar surface area (TPSA) is 201 Å². The molecule has 2 aromatic heterocycles. The van der Waals surface area contributed by atoms with Crippen molar-refractivity contribution in [3.8, 4) is 11.5 Å². The van der Waals surface area contributed by atoms with E-state index in [9.17, 15) is 23.7 Å². The Morgan fingerprint density at radius 1 is 0.951 bits per heavy atom. The molecule has 218 valence electrons. The molecule has 2 aromatic carbocycles. The highest BCUT2D eigenvalue weighted by atomic mass is 31.2. The molecule has 5 rings (SSSR count). The number of fused-ring (bicyclic) bond motifs is 1. The van der Waals surface area contributed by atoms with Crippen molar-refractivity contribution in [2.75, 3.05) is 18.9 Å². The van der Waals surface area contributed by atoms with Crippen LogP contribution >= 0.6 is 15.6 Å². The number of hydrogen-bond acceptors (Lipinski definition) is 10. The van der Waals surface area contributed by atoms with Gasteiger partial charge in [0, 0.05) is 12.0 Å². The molecule has 1 saturated carbocycles. The van der Waals surface area contributed by atoms with Crippen LogP contribution in [-0.4, -0.2) is 42.5 Å². The predicted octanol–water partition coefficient (Wildman–Crippen LogP) is 3.89. The molecule has 0 saturated heterocycles. The molecular formula is C25H29N5O9P2. The molecule has 0 aliphatic heterocycles. The van der Waals surface area contributed by atoms with Gasteiger partial charge in [-0.1, -0.05) is 35.4 Å². The third kappa shape index (κ3) is 6.87. The van der Waals surface area contributed by atoms with Crippen molar-refractivity contribution >= 4 is 32.8 Å². The number of aryl methyl sites for hydroxylation is 2. The quantitative estimate of drug-likeness (QED) is 0.180. The normalized spacial score (nSPS) is 21.5. The summed E-state index contributed by atoms with van der Waals surface area (Å²) in [4.78, 5) is 43.6. The summed E-state index contributed by atoms with van der Waals surface area (Å²) in [6.45, 7) is 3.23. The molecule has 2 unspecified atom stereocenters. The largest absolute Gasteiger partial charge is 0.527 e. The Morgan fingerprint density at radius 2 is 1.49 bits per heavy atom. The van der Waals surface area contributed by atoms with E-state index < -0.39 is 39.1 Å². The van der Waals surface area contributed by atoms with E-state index in [0.29, 0.717) is 6.42 Å². The van der Waals surface area contributed by atoms with Crippen LogP contribution in [0.15, 0.2) is 59.7 Å². The van der Waals surface area contributed by atoms with Crippen molar-refractivity contribution in [2.45, 2.75) is 26.3 Å². The highest BCUT2D eigenvalue weighted by Crippen LogP contribution is 2.52. The summed E-state index contributed by atoms with van der Waals surface area (Å²) in [5, 5.41) is 0. The zero-order chi connectivity index (χ0) is 29.4. The predicted molar refractivity (Wildman–Crippen MR) is 148 cm³/mol. The average Bonchev–Trinajstić information content (AvgIpc) is 3.29. The third-order valence-electron chi connectivity index (χ3n) is 6.82. The zero-order valence-corrected chi connectivity index (χ0v) is 23.9. The van der Waals surface area contributed by atoms with Crippen LogP contribution in [0.25, 0.3) is 11.2 Å². The molecule has 0 spiro atoms. The second-order valence-corrected chi connectivity index (χ2v) is 12.6. The van der Waals surface area contributed by atoms with Crippen LogP contribution in [0, 0.1) is 25.7 Å². The average molecular weight is 605 g/mol. The van der Waals surface area contributed by atoms with E-state index in [1.165, 1.54) is 6.33 Å². The van der Waals surface area contributed by atoms with E-state index in [4.69, 9.17) is 23.8 Å². The second-order valence-electron chi connectivity index (χ2n) is 9.84. The summed E-state index contributed by atoms with van der Waals surface area (Å²) in [6, 6.07) is 12.7. The summed E-state index contributed by atoms with van der Waals surface area (Å²) < 4.78 is 48.0. The summed E-state index contributed by atoms with van der Waals surface area (Å²) in [7, 11) is -9.03. The van der Waals surface area contributed by atoms with Crippen LogP contribution in [0.1, 0.15) is 23.6 Å². The van der Waals surface area contributed by atoms with Crippen LogP contribution in [0.3, 0.4) is 0 Å². The van der Waals surface area contributed by atoms with Crippen molar-refractivity contribution in [3.05, 3.63) is 76.3 Å². The number of phosphoric acid groups is 2. The Kier molecular flexibility index (Phi) is 8.06. The molecule has 1 fully saturated rings. The van der Waals surface area contributed by atoms with Gasteiger partial charge in [-0.25, -0.2) is 14.1 Å². The van der Waals surface area contributed by atoms with Gasteiger partial charge < -0.3 is 19.3 Å². The Hall–Kier alpha value is -3.51. The first-order valence-electron chi connectivity index (χ1n) is 12.6. The SMILES string of the molecule is Cc1ccc(OP(=O)(O)OC[C@H]2C[C@@H](n3cnc4c(=O)[nH]c(N)nc43)[C@H]2COP(=O)(O)Oc2ccc(C)cc2)cc1. The van der Waals surface area contributed by atoms with Gasteiger partial charge in [-0.05, 0) is 50.5 Å². The van der Waals surface area contributed by atoms with Gasteiger partial charge in [-0.2, -0.15) is 4.98 Å². The fourth-order valence-corrected chi connectivity index (χ4v) is 6.23. The molecule has 4 aromatic rings. The number of aromatic nitrogens is 4. The molecule has 5 atom stereocenters. The summed E-state index contributed by atoms with van der Waals surface area (Å²) >= 11 is 0. The minimum absolute atomic E-state index is 0.0699. The standard InChI is InChI=1S/C25H29N5O9P2/c1-15-3-7-18(8-4-15)38-40(32,33)36-12-17-11-21(30-14-27-22-23(30)28-25(26)29-24(22)31)20(17)13-37-41(34,35)39-19-9-5-16(2)6-10-19/h3-10,14,17,20-21H,11-13H2,1-2H3,(H,32,33)(H,34,35)(H3,26,28,29,31)/t17-,20+,21-/m1/s1. The number of nitrogens with two attached hydrogens (primary N) is 1. The van der Waals surface area contributed by atoms with Gasteiger partial charge >= 0.3 is 15.6 Å². The lowest BCUT2D eigenvalue weighted by atomic mass is 9.70. The van der Waals surface area contributed by atoms with Gasteiger partial charge in [-0.15, -0.1) is 0 Å². The maximum atomic E-state index is 12.7. The van der Waals surface area contributed by atoms with Crippen molar-refractivity contribution in [1.29, 1.82) is 0 Å². The van der Waals surface area contributed by atoms with Crippen LogP contribution in [0.4, 0.5) is 5.95 Å². The van der Waals surface area contributed by atoms with Gasteiger partial charge in [-0.3, -0.25) is 28.6 Å². The summed E-state index contributed by atoms with van der Waals surface area (Å²) in [5.74, 6) is -0.715. The molecule has 14 nitrogen and oxygen atoms in total. The minimum Gasteiger partial charge on any atom is -0.404 e. The van der Waals surface area contributed by atoms with Gasteiger partial charge in [0.2, 0.25) is 5.95 Å². The second kappa shape index (κ2) is 11.4. The van der Waals surface area contributed by atoms with Gasteiger partial charge in [0.25, 0.3) is 5.56 Å². The highest BCUT2D eigenvalue weighted by molar-refractivity contribution is 7.48. The minimum atomic E-state index is -4.54. The fraction of sp³-hybridized carbons (Fsp3) is 0.320. The maximum Gasteiger partial charge on any atom is 0.527 e. The van der Waals surface area contributed by atoms with Crippen molar-refractivity contribution in [2.24, 2.45) is 11.8 Å². The Morgan fingerprint density at radius 3 is 2.05 bits per heavy atom. The number of anilines is 1. The van der Waals surface area contributed by atoms with Crippen LogP contribution in [-0.2, 0) is 18.2 Å². The number of hydrogen-bond donors (Lipinski definition) is 4. The van der Waals surface area contributed by atoms with Crippen molar-refractivity contribution in [3.63, 3.8) is 0 Å². The summed E-state index contributed by atoms with van der Waals surface area (Å²) in [6.07, 6.45) is 1.80. The first kappa shape index (κ1) is 29.0. The van der Waals surface area contributed by atoms with E-state index in [2.05, 4.69) is 15.0 Å². The van der Waals surface area contributed by atoms with E-state index in [0.717, 1.165) is 11.1 Å². The van der Waals surface area contributed by atoms with Gasteiger partial charge in [0.05, 0.1) is 19.5 Å². The maximum absolute atomic E-state index is 12.7. The van der Waals surface area contributed by atoms with E-state index >= 15 is 0 Å². The molecule has 16 heteroatoms. The highest BCUT2D eigenvalue weighted by Gasteiger charge is 2.46. The number of H-pyrrole nitrogens is 1. The Bertz CT molecular complexity index is 1690. The number of nitrogen functional groups attached to an aromatic ring is 1. The number of nitrogens with zero attached hydrogens (tertiary/aromatic N) is 3. The first-order chi connectivity index (χ1) is 19.4. The van der Waals surface area contributed by atoms with E-state index in [-0.39, 0.29) is 41.8 Å². The molecule has 0 radical (unpaired) electrons.